The van der Waals surface area contributed by atoms with Crippen LogP contribution in [-0.4, -0.2) is 37.0 Å². The summed E-state index contributed by atoms with van der Waals surface area (Å²) in [6.07, 6.45) is 3.04. The Morgan fingerprint density at radius 1 is 1.25 bits per heavy atom. The SMILES string of the molecule is COc1ccc2c(CC(=O)NCC(C)N3CCc4ccccc4C3)coc2c1. The van der Waals surface area contributed by atoms with E-state index in [1.54, 1.807) is 13.4 Å². The Hall–Kier alpha value is -2.79. The fraction of sp³-hybridized carbons (Fsp3) is 0.348. The maximum Gasteiger partial charge on any atom is 0.224 e. The second-order valence-corrected chi connectivity index (χ2v) is 7.44. The molecule has 4 rings (SSSR count). The van der Waals surface area contributed by atoms with Crippen LogP contribution >= 0.6 is 0 Å². The first-order chi connectivity index (χ1) is 13.6. The van der Waals surface area contributed by atoms with E-state index in [1.165, 1.54) is 11.1 Å². The zero-order valence-electron chi connectivity index (χ0n) is 16.4. The zero-order chi connectivity index (χ0) is 19.5. The third-order valence-corrected chi connectivity index (χ3v) is 5.59. The number of nitrogens with one attached hydrogen (secondary N) is 1. The van der Waals surface area contributed by atoms with E-state index in [9.17, 15) is 4.79 Å². The minimum Gasteiger partial charge on any atom is -0.497 e. The van der Waals surface area contributed by atoms with Crippen molar-refractivity contribution < 1.29 is 13.9 Å². The zero-order valence-corrected chi connectivity index (χ0v) is 16.4. The molecule has 0 saturated carbocycles. The summed E-state index contributed by atoms with van der Waals surface area (Å²) in [5, 5.41) is 4.04. The van der Waals surface area contributed by atoms with Gasteiger partial charge >= 0.3 is 0 Å². The molecule has 3 aromatic rings. The predicted octanol–water partition coefficient (Wildman–Crippen LogP) is 3.55. The van der Waals surface area contributed by atoms with Gasteiger partial charge in [-0.25, -0.2) is 0 Å². The molecule has 1 aliphatic rings. The lowest BCUT2D eigenvalue weighted by Gasteiger charge is -2.33. The maximum absolute atomic E-state index is 12.5. The molecule has 146 valence electrons. The third kappa shape index (κ3) is 3.90. The number of rotatable bonds is 6. The van der Waals surface area contributed by atoms with Crippen molar-refractivity contribution in [3.8, 4) is 5.75 Å². The molecule has 28 heavy (non-hydrogen) atoms. The molecule has 1 atom stereocenters. The van der Waals surface area contributed by atoms with Gasteiger partial charge < -0.3 is 14.5 Å². The number of amides is 1. The maximum atomic E-state index is 12.5. The molecule has 5 heteroatoms. The van der Waals surface area contributed by atoms with E-state index in [0.717, 1.165) is 41.8 Å². The molecule has 0 bridgehead atoms. The smallest absolute Gasteiger partial charge is 0.224 e. The molecule has 5 nitrogen and oxygen atoms in total. The van der Waals surface area contributed by atoms with Crippen LogP contribution in [0.2, 0.25) is 0 Å². The van der Waals surface area contributed by atoms with E-state index in [1.807, 2.05) is 18.2 Å². The van der Waals surface area contributed by atoms with E-state index in [4.69, 9.17) is 9.15 Å². The van der Waals surface area contributed by atoms with E-state index in [2.05, 4.69) is 41.4 Å². The quantitative estimate of drug-likeness (QED) is 0.713. The highest BCUT2D eigenvalue weighted by atomic mass is 16.5. The highest BCUT2D eigenvalue weighted by Gasteiger charge is 2.21. The molecule has 0 radical (unpaired) electrons. The average molecular weight is 378 g/mol. The Morgan fingerprint density at radius 2 is 2.07 bits per heavy atom. The van der Waals surface area contributed by atoms with E-state index in [0.29, 0.717) is 19.0 Å². The number of benzene rings is 2. The van der Waals surface area contributed by atoms with Gasteiger partial charge in [0.1, 0.15) is 11.3 Å². The van der Waals surface area contributed by atoms with Gasteiger partial charge in [0, 0.05) is 42.7 Å². The fourth-order valence-electron chi connectivity index (χ4n) is 3.85. The number of nitrogens with zero attached hydrogens (tertiary/aromatic N) is 1. The molecule has 2 aromatic carbocycles. The first kappa shape index (κ1) is 18.6. The van der Waals surface area contributed by atoms with Crippen LogP contribution in [0, 0.1) is 0 Å². The van der Waals surface area contributed by atoms with Crippen molar-refractivity contribution >= 4 is 16.9 Å². The second-order valence-electron chi connectivity index (χ2n) is 7.44. The fourth-order valence-corrected chi connectivity index (χ4v) is 3.85. The van der Waals surface area contributed by atoms with Gasteiger partial charge in [-0.15, -0.1) is 0 Å². The summed E-state index contributed by atoms with van der Waals surface area (Å²) in [5.41, 5.74) is 4.47. The number of methoxy groups -OCH3 is 1. The van der Waals surface area contributed by atoms with Crippen molar-refractivity contribution in [2.75, 3.05) is 20.2 Å². The lowest BCUT2D eigenvalue weighted by atomic mass is 9.99. The molecule has 1 amide bonds. The minimum atomic E-state index is 0.0165. The van der Waals surface area contributed by atoms with Crippen molar-refractivity contribution in [1.29, 1.82) is 0 Å². The Bertz CT molecular complexity index is 979. The van der Waals surface area contributed by atoms with Crippen LogP contribution in [0.4, 0.5) is 0 Å². The van der Waals surface area contributed by atoms with E-state index >= 15 is 0 Å². The molecule has 1 aromatic heterocycles. The number of ether oxygens (including phenoxy) is 1. The molecule has 0 fully saturated rings. The molecular weight excluding hydrogens is 352 g/mol. The van der Waals surface area contributed by atoms with Gasteiger partial charge in [-0.2, -0.15) is 0 Å². The Labute approximate surface area is 165 Å². The van der Waals surface area contributed by atoms with Gasteiger partial charge in [0.2, 0.25) is 5.91 Å². The normalized spacial score (nSPS) is 15.2. The number of furan rings is 1. The second kappa shape index (κ2) is 8.07. The van der Waals surface area contributed by atoms with Crippen molar-refractivity contribution in [3.05, 3.63) is 65.4 Å². The standard InChI is InChI=1S/C23H26N2O3/c1-16(25-10-9-17-5-3-4-6-18(17)14-25)13-24-23(26)11-19-15-28-22-12-20(27-2)7-8-21(19)22/h3-8,12,15-16H,9-11,13-14H2,1-2H3,(H,24,26). The summed E-state index contributed by atoms with van der Waals surface area (Å²) in [7, 11) is 1.63. The van der Waals surface area contributed by atoms with Crippen LogP contribution in [0.5, 0.6) is 5.75 Å². The number of carbonyl (C=O) groups excluding carboxylic acids is 1. The number of hydrogen-bond acceptors (Lipinski definition) is 4. The van der Waals surface area contributed by atoms with Crippen LogP contribution in [0.15, 0.2) is 53.1 Å². The Morgan fingerprint density at radius 3 is 2.89 bits per heavy atom. The molecule has 2 heterocycles. The number of hydrogen-bond donors (Lipinski definition) is 1. The van der Waals surface area contributed by atoms with Crippen molar-refractivity contribution in [2.24, 2.45) is 0 Å². The molecule has 0 saturated heterocycles. The summed E-state index contributed by atoms with van der Waals surface area (Å²) in [5.74, 6) is 0.762. The molecule has 0 aliphatic carbocycles. The highest BCUT2D eigenvalue weighted by Crippen LogP contribution is 2.26. The topological polar surface area (TPSA) is 54.7 Å². The molecule has 1 unspecified atom stereocenters. The van der Waals surface area contributed by atoms with Gasteiger partial charge in [0.15, 0.2) is 0 Å². The van der Waals surface area contributed by atoms with Gasteiger partial charge in [-0.3, -0.25) is 9.69 Å². The number of carbonyl (C=O) groups is 1. The molecule has 1 N–H and O–H groups in total. The Kier molecular flexibility index (Phi) is 5.35. The van der Waals surface area contributed by atoms with Crippen LogP contribution in [-0.2, 0) is 24.2 Å². The molecular formula is C23H26N2O3. The van der Waals surface area contributed by atoms with Gasteiger partial charge in [0.05, 0.1) is 19.8 Å². The van der Waals surface area contributed by atoms with Crippen molar-refractivity contribution in [1.82, 2.24) is 10.2 Å². The van der Waals surface area contributed by atoms with Crippen LogP contribution in [0.1, 0.15) is 23.6 Å². The van der Waals surface area contributed by atoms with Crippen molar-refractivity contribution in [3.63, 3.8) is 0 Å². The average Bonchev–Trinajstić information content (AvgIpc) is 3.13. The van der Waals surface area contributed by atoms with Crippen molar-refractivity contribution in [2.45, 2.75) is 32.4 Å². The Balaban J connectivity index is 1.32. The third-order valence-electron chi connectivity index (χ3n) is 5.59. The predicted molar refractivity (Wildman–Crippen MR) is 109 cm³/mol. The lowest BCUT2D eigenvalue weighted by Crippen LogP contribution is -2.44. The van der Waals surface area contributed by atoms with Crippen LogP contribution < -0.4 is 10.1 Å². The summed E-state index contributed by atoms with van der Waals surface area (Å²) >= 11 is 0. The summed E-state index contributed by atoms with van der Waals surface area (Å²) in [6, 6.07) is 14.6. The first-order valence-corrected chi connectivity index (χ1v) is 9.75. The van der Waals surface area contributed by atoms with Gasteiger partial charge in [0.25, 0.3) is 0 Å². The van der Waals surface area contributed by atoms with E-state index in [-0.39, 0.29) is 5.91 Å². The van der Waals surface area contributed by atoms with Gasteiger partial charge in [-0.05, 0) is 36.6 Å². The summed E-state index contributed by atoms with van der Waals surface area (Å²) < 4.78 is 10.8. The van der Waals surface area contributed by atoms with Crippen LogP contribution in [0.3, 0.4) is 0 Å². The molecule has 1 aliphatic heterocycles. The van der Waals surface area contributed by atoms with Crippen LogP contribution in [0.25, 0.3) is 11.0 Å². The largest absolute Gasteiger partial charge is 0.497 e. The lowest BCUT2D eigenvalue weighted by molar-refractivity contribution is -0.120. The highest BCUT2D eigenvalue weighted by molar-refractivity contribution is 5.88. The van der Waals surface area contributed by atoms with Gasteiger partial charge in [-0.1, -0.05) is 24.3 Å². The minimum absolute atomic E-state index is 0.0165. The molecule has 0 spiro atoms. The number of fused-ring (bicyclic) bond motifs is 2. The monoisotopic (exact) mass is 378 g/mol. The van der Waals surface area contributed by atoms with E-state index < -0.39 is 0 Å². The summed E-state index contributed by atoms with van der Waals surface area (Å²) in [6.45, 7) is 4.79. The first-order valence-electron chi connectivity index (χ1n) is 9.75. The summed E-state index contributed by atoms with van der Waals surface area (Å²) in [4.78, 5) is 14.9.